The van der Waals surface area contributed by atoms with Crippen LogP contribution >= 0.6 is 11.6 Å². The van der Waals surface area contributed by atoms with Crippen molar-refractivity contribution < 1.29 is 18.4 Å². The SMILES string of the molecule is Cc1ccc(C(CNC(=O)c2oc3ccc(Cl)cc3c2C)N2CCOCC2)o1. The van der Waals surface area contributed by atoms with Crippen molar-refractivity contribution in [2.45, 2.75) is 19.9 Å². The van der Waals surface area contributed by atoms with E-state index in [0.29, 0.717) is 36.1 Å². The normalized spacial score (nSPS) is 16.4. The zero-order valence-corrected chi connectivity index (χ0v) is 16.7. The van der Waals surface area contributed by atoms with Crippen molar-refractivity contribution >= 4 is 28.5 Å². The van der Waals surface area contributed by atoms with Gasteiger partial charge in [0.1, 0.15) is 17.1 Å². The van der Waals surface area contributed by atoms with E-state index in [0.717, 1.165) is 35.6 Å². The molecule has 0 aliphatic carbocycles. The minimum Gasteiger partial charge on any atom is -0.465 e. The molecule has 1 amide bonds. The first-order chi connectivity index (χ1) is 13.5. The fourth-order valence-corrected chi connectivity index (χ4v) is 3.78. The van der Waals surface area contributed by atoms with Gasteiger partial charge >= 0.3 is 0 Å². The lowest BCUT2D eigenvalue weighted by molar-refractivity contribution is 0.0116. The number of carbonyl (C=O) groups excluding carboxylic acids is 1. The third kappa shape index (κ3) is 3.81. The number of benzene rings is 1. The zero-order valence-electron chi connectivity index (χ0n) is 16.0. The van der Waals surface area contributed by atoms with E-state index in [1.54, 1.807) is 12.1 Å². The third-order valence-corrected chi connectivity index (χ3v) is 5.37. The highest BCUT2D eigenvalue weighted by Crippen LogP contribution is 2.28. The number of hydrogen-bond acceptors (Lipinski definition) is 5. The zero-order chi connectivity index (χ0) is 19.7. The molecule has 0 radical (unpaired) electrons. The molecule has 7 heteroatoms. The van der Waals surface area contributed by atoms with Crippen molar-refractivity contribution in [1.29, 1.82) is 0 Å². The summed E-state index contributed by atoms with van der Waals surface area (Å²) in [7, 11) is 0. The Kier molecular flexibility index (Phi) is 5.44. The van der Waals surface area contributed by atoms with Gasteiger partial charge in [-0.3, -0.25) is 9.69 Å². The first kappa shape index (κ1) is 19.1. The number of morpholine rings is 1. The van der Waals surface area contributed by atoms with Crippen molar-refractivity contribution in [2.24, 2.45) is 0 Å². The second-order valence-electron chi connectivity index (χ2n) is 7.02. The summed E-state index contributed by atoms with van der Waals surface area (Å²) in [5.41, 5.74) is 1.44. The number of aryl methyl sites for hydroxylation is 2. The van der Waals surface area contributed by atoms with E-state index >= 15 is 0 Å². The van der Waals surface area contributed by atoms with Gasteiger partial charge in [0.05, 0.1) is 19.3 Å². The van der Waals surface area contributed by atoms with Crippen LogP contribution in [0.5, 0.6) is 0 Å². The molecule has 148 valence electrons. The first-order valence-corrected chi connectivity index (χ1v) is 9.75. The minimum atomic E-state index is -0.244. The van der Waals surface area contributed by atoms with Crippen LogP contribution in [0.25, 0.3) is 11.0 Å². The maximum absolute atomic E-state index is 12.8. The maximum atomic E-state index is 12.8. The average molecular weight is 403 g/mol. The van der Waals surface area contributed by atoms with E-state index in [2.05, 4.69) is 10.2 Å². The molecular weight excluding hydrogens is 380 g/mol. The van der Waals surface area contributed by atoms with Gasteiger partial charge in [0.2, 0.25) is 0 Å². The lowest BCUT2D eigenvalue weighted by Gasteiger charge is -2.33. The van der Waals surface area contributed by atoms with Gasteiger partial charge in [-0.05, 0) is 44.2 Å². The number of halogens is 1. The van der Waals surface area contributed by atoms with Gasteiger partial charge in [-0.25, -0.2) is 0 Å². The molecule has 0 bridgehead atoms. The Balaban J connectivity index is 1.53. The molecule has 1 unspecified atom stereocenters. The summed E-state index contributed by atoms with van der Waals surface area (Å²) < 4.78 is 17.1. The Labute approximate surface area is 168 Å². The Bertz CT molecular complexity index is 988. The second kappa shape index (κ2) is 7.99. The molecule has 1 aliphatic heterocycles. The summed E-state index contributed by atoms with van der Waals surface area (Å²) in [6.45, 7) is 7.14. The fourth-order valence-electron chi connectivity index (χ4n) is 3.61. The molecule has 4 rings (SSSR count). The van der Waals surface area contributed by atoms with Crippen LogP contribution in [0.4, 0.5) is 0 Å². The summed E-state index contributed by atoms with van der Waals surface area (Å²) in [6, 6.07) is 9.20. The van der Waals surface area contributed by atoms with Gasteiger partial charge in [-0.1, -0.05) is 11.6 Å². The number of ether oxygens (including phenoxy) is 1. The van der Waals surface area contributed by atoms with Crippen molar-refractivity contribution in [3.8, 4) is 0 Å². The molecule has 28 heavy (non-hydrogen) atoms. The Morgan fingerprint density at radius 3 is 2.68 bits per heavy atom. The highest BCUT2D eigenvalue weighted by atomic mass is 35.5. The summed E-state index contributed by atoms with van der Waals surface area (Å²) in [4.78, 5) is 15.1. The van der Waals surface area contributed by atoms with Crippen LogP contribution in [0.15, 0.2) is 39.2 Å². The highest BCUT2D eigenvalue weighted by molar-refractivity contribution is 6.31. The lowest BCUT2D eigenvalue weighted by atomic mass is 10.1. The Morgan fingerprint density at radius 2 is 1.96 bits per heavy atom. The number of carbonyl (C=O) groups is 1. The van der Waals surface area contributed by atoms with Crippen LogP contribution in [0, 0.1) is 13.8 Å². The number of nitrogens with zero attached hydrogens (tertiary/aromatic N) is 1. The smallest absolute Gasteiger partial charge is 0.287 e. The standard InChI is InChI=1S/C21H23ClN2O4/c1-13-3-5-19(27-13)17(24-7-9-26-10-8-24)12-23-21(25)20-14(2)16-11-15(22)4-6-18(16)28-20/h3-6,11,17H,7-10,12H2,1-2H3,(H,23,25). The summed E-state index contributed by atoms with van der Waals surface area (Å²) >= 11 is 6.07. The number of rotatable bonds is 5. The molecule has 2 aromatic heterocycles. The predicted molar refractivity (Wildman–Crippen MR) is 107 cm³/mol. The molecule has 1 saturated heterocycles. The Morgan fingerprint density at radius 1 is 1.18 bits per heavy atom. The molecular formula is C21H23ClN2O4. The second-order valence-corrected chi connectivity index (χ2v) is 7.46. The van der Waals surface area contributed by atoms with Crippen molar-refractivity contribution in [2.75, 3.05) is 32.8 Å². The lowest BCUT2D eigenvalue weighted by Crippen LogP contribution is -2.43. The molecule has 1 N–H and O–H groups in total. The topological polar surface area (TPSA) is 67.9 Å². The van der Waals surface area contributed by atoms with Gasteiger partial charge in [0, 0.05) is 35.6 Å². The number of nitrogens with one attached hydrogen (secondary N) is 1. The van der Waals surface area contributed by atoms with E-state index in [9.17, 15) is 4.79 Å². The van der Waals surface area contributed by atoms with Crippen molar-refractivity contribution in [1.82, 2.24) is 10.2 Å². The van der Waals surface area contributed by atoms with Crippen LogP contribution in [-0.2, 0) is 4.74 Å². The summed E-state index contributed by atoms with van der Waals surface area (Å²) in [5.74, 6) is 1.76. The highest BCUT2D eigenvalue weighted by Gasteiger charge is 2.27. The number of fused-ring (bicyclic) bond motifs is 1. The van der Waals surface area contributed by atoms with Crippen molar-refractivity contribution in [3.05, 3.63) is 58.2 Å². The van der Waals surface area contributed by atoms with Crippen LogP contribution < -0.4 is 5.32 Å². The fraction of sp³-hybridized carbons (Fsp3) is 0.381. The molecule has 1 atom stereocenters. The number of hydrogen-bond donors (Lipinski definition) is 1. The van der Waals surface area contributed by atoms with Gasteiger partial charge in [-0.2, -0.15) is 0 Å². The van der Waals surface area contributed by atoms with E-state index in [-0.39, 0.29) is 11.9 Å². The van der Waals surface area contributed by atoms with Gasteiger partial charge in [0.15, 0.2) is 5.76 Å². The van der Waals surface area contributed by atoms with Crippen LogP contribution in [0.3, 0.4) is 0 Å². The minimum absolute atomic E-state index is 0.0549. The third-order valence-electron chi connectivity index (χ3n) is 5.14. The predicted octanol–water partition coefficient (Wildman–Crippen LogP) is 4.10. The average Bonchev–Trinajstić information content (AvgIpc) is 3.26. The molecule has 1 aliphatic rings. The van der Waals surface area contributed by atoms with Crippen molar-refractivity contribution in [3.63, 3.8) is 0 Å². The summed E-state index contributed by atoms with van der Waals surface area (Å²) in [6.07, 6.45) is 0. The van der Waals surface area contributed by atoms with Gasteiger partial charge < -0.3 is 18.9 Å². The van der Waals surface area contributed by atoms with E-state index in [1.165, 1.54) is 0 Å². The largest absolute Gasteiger partial charge is 0.465 e. The van der Waals surface area contributed by atoms with Crippen LogP contribution in [0.2, 0.25) is 5.02 Å². The van der Waals surface area contributed by atoms with Gasteiger partial charge in [0.25, 0.3) is 5.91 Å². The van der Waals surface area contributed by atoms with Gasteiger partial charge in [-0.15, -0.1) is 0 Å². The monoisotopic (exact) mass is 402 g/mol. The quantitative estimate of drug-likeness (QED) is 0.695. The summed E-state index contributed by atoms with van der Waals surface area (Å²) in [5, 5.41) is 4.48. The molecule has 3 aromatic rings. The molecule has 3 heterocycles. The number of amides is 1. The first-order valence-electron chi connectivity index (χ1n) is 9.38. The molecule has 0 saturated carbocycles. The van der Waals surface area contributed by atoms with Crippen LogP contribution in [-0.4, -0.2) is 43.7 Å². The molecule has 1 aromatic carbocycles. The van der Waals surface area contributed by atoms with E-state index in [4.69, 9.17) is 25.2 Å². The Hall–Kier alpha value is -2.28. The van der Waals surface area contributed by atoms with Crippen LogP contribution in [0.1, 0.15) is 33.7 Å². The molecule has 6 nitrogen and oxygen atoms in total. The molecule has 0 spiro atoms. The maximum Gasteiger partial charge on any atom is 0.287 e. The number of furan rings is 2. The van der Waals surface area contributed by atoms with E-state index in [1.807, 2.05) is 32.0 Å². The molecule has 1 fully saturated rings. The van der Waals surface area contributed by atoms with E-state index < -0.39 is 0 Å².